The molecular formula is C25H24N2. The summed E-state index contributed by atoms with van der Waals surface area (Å²) in [6.45, 7) is 2.32. The van der Waals surface area contributed by atoms with Crippen LogP contribution in [0.15, 0.2) is 72.0 Å². The quantitative estimate of drug-likeness (QED) is 0.707. The number of benzene rings is 1. The number of rotatable bonds is 1. The third-order valence-electron chi connectivity index (χ3n) is 6.59. The molecule has 2 heteroatoms. The highest BCUT2D eigenvalue weighted by molar-refractivity contribution is 5.99. The second-order valence-corrected chi connectivity index (χ2v) is 8.15. The molecule has 2 atom stereocenters. The molecule has 0 radical (unpaired) electrons. The van der Waals surface area contributed by atoms with Gasteiger partial charge in [-0.15, -0.1) is 0 Å². The van der Waals surface area contributed by atoms with Crippen LogP contribution < -0.4 is 5.32 Å². The first-order valence-corrected chi connectivity index (χ1v) is 10.2. The highest BCUT2D eigenvalue weighted by Gasteiger charge is 2.38. The van der Waals surface area contributed by atoms with Gasteiger partial charge in [0.1, 0.15) is 0 Å². The fourth-order valence-electron chi connectivity index (χ4n) is 5.34. The van der Waals surface area contributed by atoms with Crippen molar-refractivity contribution in [3.05, 3.63) is 83.2 Å². The van der Waals surface area contributed by atoms with Crippen molar-refractivity contribution in [2.24, 2.45) is 5.92 Å². The van der Waals surface area contributed by atoms with E-state index in [4.69, 9.17) is 0 Å². The fourth-order valence-corrected chi connectivity index (χ4v) is 5.34. The van der Waals surface area contributed by atoms with E-state index in [1.165, 1.54) is 44.7 Å². The van der Waals surface area contributed by atoms with Gasteiger partial charge in [0, 0.05) is 22.4 Å². The van der Waals surface area contributed by atoms with E-state index in [2.05, 4.69) is 77.5 Å². The molecule has 1 N–H and O–H groups in total. The molecule has 27 heavy (non-hydrogen) atoms. The van der Waals surface area contributed by atoms with Crippen molar-refractivity contribution in [3.8, 4) is 0 Å². The van der Waals surface area contributed by atoms with E-state index >= 15 is 0 Å². The Hall–Kier alpha value is -2.74. The SMILES string of the molecule is CC1C=CC=C2C3=C(CCc4c3n(C3=CC=CCC3)c3ccccc43)NC21. The topological polar surface area (TPSA) is 17.0 Å². The van der Waals surface area contributed by atoms with Crippen molar-refractivity contribution in [2.75, 3.05) is 0 Å². The van der Waals surface area contributed by atoms with Gasteiger partial charge in [-0.2, -0.15) is 0 Å². The number of allylic oxidation sites excluding steroid dienone is 7. The zero-order valence-corrected chi connectivity index (χ0v) is 15.7. The van der Waals surface area contributed by atoms with Crippen LogP contribution in [-0.4, -0.2) is 10.6 Å². The number of aryl methyl sites for hydroxylation is 1. The fraction of sp³-hybridized carbons (Fsp3) is 0.280. The Morgan fingerprint density at radius 2 is 1.96 bits per heavy atom. The predicted octanol–water partition coefficient (Wildman–Crippen LogP) is 5.59. The van der Waals surface area contributed by atoms with Gasteiger partial charge in [0.05, 0.1) is 17.3 Å². The van der Waals surface area contributed by atoms with Crippen LogP contribution in [0.4, 0.5) is 0 Å². The molecule has 134 valence electrons. The van der Waals surface area contributed by atoms with E-state index in [9.17, 15) is 0 Å². The molecule has 2 nitrogen and oxygen atoms in total. The number of para-hydroxylation sites is 1. The van der Waals surface area contributed by atoms with Crippen molar-refractivity contribution >= 4 is 22.2 Å². The number of fused-ring (bicyclic) bond motifs is 6. The lowest BCUT2D eigenvalue weighted by atomic mass is 9.84. The summed E-state index contributed by atoms with van der Waals surface area (Å²) in [5.41, 5.74) is 10.2. The van der Waals surface area contributed by atoms with E-state index in [1.807, 2.05) is 0 Å². The smallest absolute Gasteiger partial charge is 0.0590 e. The first-order valence-electron chi connectivity index (χ1n) is 10.2. The van der Waals surface area contributed by atoms with Crippen LogP contribution >= 0.6 is 0 Å². The Morgan fingerprint density at radius 3 is 2.85 bits per heavy atom. The Bertz CT molecular complexity index is 1120. The molecule has 0 saturated heterocycles. The summed E-state index contributed by atoms with van der Waals surface area (Å²) in [4.78, 5) is 0. The zero-order valence-electron chi connectivity index (χ0n) is 15.7. The first kappa shape index (κ1) is 15.3. The van der Waals surface area contributed by atoms with Crippen LogP contribution in [0.1, 0.15) is 37.4 Å². The average Bonchev–Trinajstić information content (AvgIpc) is 3.25. The highest BCUT2D eigenvalue weighted by atomic mass is 15.0. The first-order chi connectivity index (χ1) is 13.3. The van der Waals surface area contributed by atoms with Crippen LogP contribution in [0, 0.1) is 5.92 Å². The van der Waals surface area contributed by atoms with Gasteiger partial charge in [0.25, 0.3) is 0 Å². The largest absolute Gasteiger partial charge is 0.380 e. The Labute approximate surface area is 160 Å². The van der Waals surface area contributed by atoms with Crippen molar-refractivity contribution in [1.82, 2.24) is 9.88 Å². The molecular weight excluding hydrogens is 328 g/mol. The second-order valence-electron chi connectivity index (χ2n) is 8.15. The molecule has 2 heterocycles. The molecule has 0 fully saturated rings. The average molecular weight is 352 g/mol. The maximum atomic E-state index is 3.87. The molecule has 1 aromatic carbocycles. The molecule has 6 rings (SSSR count). The van der Waals surface area contributed by atoms with Gasteiger partial charge >= 0.3 is 0 Å². The van der Waals surface area contributed by atoms with Crippen molar-refractivity contribution in [1.29, 1.82) is 0 Å². The van der Waals surface area contributed by atoms with Gasteiger partial charge in [-0.1, -0.05) is 55.5 Å². The number of nitrogens with one attached hydrogen (secondary N) is 1. The monoisotopic (exact) mass is 352 g/mol. The van der Waals surface area contributed by atoms with E-state index in [1.54, 1.807) is 0 Å². The lowest BCUT2D eigenvalue weighted by molar-refractivity contribution is 0.538. The van der Waals surface area contributed by atoms with E-state index in [0.717, 1.165) is 25.7 Å². The molecule has 4 aliphatic rings. The second kappa shape index (κ2) is 5.63. The molecule has 1 aromatic heterocycles. The van der Waals surface area contributed by atoms with Gasteiger partial charge in [0.2, 0.25) is 0 Å². The van der Waals surface area contributed by atoms with Gasteiger partial charge in [-0.3, -0.25) is 0 Å². The molecule has 0 bridgehead atoms. The minimum atomic E-state index is 0.428. The van der Waals surface area contributed by atoms with Gasteiger partial charge in [-0.25, -0.2) is 0 Å². The van der Waals surface area contributed by atoms with Crippen molar-refractivity contribution in [2.45, 2.75) is 38.6 Å². The number of nitrogens with zero attached hydrogens (tertiary/aromatic N) is 1. The lowest BCUT2D eigenvalue weighted by Gasteiger charge is -2.24. The molecule has 0 amide bonds. The molecule has 0 saturated carbocycles. The minimum absolute atomic E-state index is 0.428. The Morgan fingerprint density at radius 1 is 1.04 bits per heavy atom. The minimum Gasteiger partial charge on any atom is -0.380 e. The maximum Gasteiger partial charge on any atom is 0.0590 e. The number of aromatic nitrogens is 1. The van der Waals surface area contributed by atoms with E-state index < -0.39 is 0 Å². The van der Waals surface area contributed by atoms with Crippen molar-refractivity contribution < 1.29 is 0 Å². The zero-order chi connectivity index (χ0) is 18.0. The molecule has 0 spiro atoms. The standard InChI is InChI=1S/C25H24N2/c1-16-8-7-12-20-23-21(26-24(16)20)15-14-19-18-11-5-6-13-22(18)27(25(19)23)17-9-3-2-4-10-17/h2-3,5-9,11-13,16,24,26H,4,10,14-15H2,1H3. The summed E-state index contributed by atoms with van der Waals surface area (Å²) in [6, 6.07) is 9.40. The lowest BCUT2D eigenvalue weighted by Crippen LogP contribution is -2.31. The Kier molecular flexibility index (Phi) is 3.19. The van der Waals surface area contributed by atoms with Crippen molar-refractivity contribution in [3.63, 3.8) is 0 Å². The summed E-state index contributed by atoms with van der Waals surface area (Å²) in [7, 11) is 0. The van der Waals surface area contributed by atoms with E-state index in [0.29, 0.717) is 12.0 Å². The van der Waals surface area contributed by atoms with Crippen LogP contribution in [0.25, 0.3) is 22.2 Å². The van der Waals surface area contributed by atoms with Gasteiger partial charge in [-0.05, 0) is 54.9 Å². The van der Waals surface area contributed by atoms with Crippen LogP contribution in [-0.2, 0) is 6.42 Å². The summed E-state index contributed by atoms with van der Waals surface area (Å²) >= 11 is 0. The van der Waals surface area contributed by atoms with E-state index in [-0.39, 0.29) is 0 Å². The highest BCUT2D eigenvalue weighted by Crippen LogP contribution is 2.48. The summed E-state index contributed by atoms with van der Waals surface area (Å²) in [5, 5.41) is 5.30. The predicted molar refractivity (Wildman–Crippen MR) is 113 cm³/mol. The number of hydrogen-bond donors (Lipinski definition) is 1. The molecule has 2 aromatic rings. The molecule has 3 aliphatic carbocycles. The third-order valence-corrected chi connectivity index (χ3v) is 6.59. The summed E-state index contributed by atoms with van der Waals surface area (Å²) in [5.74, 6) is 0.536. The molecule has 1 aliphatic heterocycles. The van der Waals surface area contributed by atoms with Gasteiger partial charge < -0.3 is 9.88 Å². The van der Waals surface area contributed by atoms with Gasteiger partial charge in [0.15, 0.2) is 0 Å². The maximum absolute atomic E-state index is 3.87. The van der Waals surface area contributed by atoms with Crippen LogP contribution in [0.3, 0.4) is 0 Å². The Balaban J connectivity index is 1.67. The number of hydrogen-bond acceptors (Lipinski definition) is 1. The molecule has 2 unspecified atom stereocenters. The van der Waals surface area contributed by atoms with Crippen LogP contribution in [0.5, 0.6) is 0 Å². The third kappa shape index (κ3) is 2.07. The summed E-state index contributed by atoms with van der Waals surface area (Å²) in [6.07, 6.45) is 18.2. The summed E-state index contributed by atoms with van der Waals surface area (Å²) < 4.78 is 2.57. The normalized spacial score (nSPS) is 25.7. The van der Waals surface area contributed by atoms with Crippen LogP contribution in [0.2, 0.25) is 0 Å².